The van der Waals surface area contributed by atoms with E-state index >= 15 is 0 Å². The van der Waals surface area contributed by atoms with Gasteiger partial charge in [-0.1, -0.05) is 0 Å². The SMILES string of the molecule is NCCNC(=O)c1ccc(OC(F)(F)F)cc1. The summed E-state index contributed by atoms with van der Waals surface area (Å²) in [6.07, 6.45) is -4.73. The average molecular weight is 248 g/mol. The van der Waals surface area contributed by atoms with Gasteiger partial charge in [0, 0.05) is 18.7 Å². The van der Waals surface area contributed by atoms with E-state index in [0.29, 0.717) is 13.1 Å². The Hall–Kier alpha value is -1.76. The van der Waals surface area contributed by atoms with Crippen LogP contribution in [0.25, 0.3) is 0 Å². The summed E-state index contributed by atoms with van der Waals surface area (Å²) in [4.78, 5) is 11.4. The van der Waals surface area contributed by atoms with Crippen LogP contribution in [0.4, 0.5) is 13.2 Å². The zero-order chi connectivity index (χ0) is 12.9. The molecular formula is C10H11F3N2O2. The van der Waals surface area contributed by atoms with E-state index in [-0.39, 0.29) is 11.3 Å². The first-order valence-corrected chi connectivity index (χ1v) is 4.76. The molecule has 1 amide bonds. The normalized spacial score (nSPS) is 11.1. The number of amides is 1. The molecule has 0 aliphatic rings. The van der Waals surface area contributed by atoms with E-state index in [1.165, 1.54) is 12.1 Å². The van der Waals surface area contributed by atoms with Crippen molar-refractivity contribution < 1.29 is 22.7 Å². The van der Waals surface area contributed by atoms with Gasteiger partial charge in [0.25, 0.3) is 5.91 Å². The third-order valence-electron chi connectivity index (χ3n) is 1.78. The topological polar surface area (TPSA) is 64.3 Å². The van der Waals surface area contributed by atoms with Gasteiger partial charge in [0.2, 0.25) is 0 Å². The van der Waals surface area contributed by atoms with E-state index in [1.807, 2.05) is 0 Å². The molecule has 0 heterocycles. The number of alkyl halides is 3. The quantitative estimate of drug-likeness (QED) is 0.843. The molecule has 17 heavy (non-hydrogen) atoms. The zero-order valence-corrected chi connectivity index (χ0v) is 8.75. The molecule has 0 aromatic heterocycles. The molecule has 1 aromatic rings. The summed E-state index contributed by atoms with van der Waals surface area (Å²) in [5.41, 5.74) is 5.43. The van der Waals surface area contributed by atoms with E-state index in [4.69, 9.17) is 5.73 Å². The van der Waals surface area contributed by atoms with Gasteiger partial charge in [-0.2, -0.15) is 0 Å². The van der Waals surface area contributed by atoms with Crippen molar-refractivity contribution in [3.8, 4) is 5.75 Å². The van der Waals surface area contributed by atoms with Crippen LogP contribution in [0, 0.1) is 0 Å². The van der Waals surface area contributed by atoms with Gasteiger partial charge in [0.05, 0.1) is 0 Å². The molecule has 0 aliphatic carbocycles. The van der Waals surface area contributed by atoms with Crippen LogP contribution in [0.1, 0.15) is 10.4 Å². The smallest absolute Gasteiger partial charge is 0.406 e. The van der Waals surface area contributed by atoms with E-state index in [0.717, 1.165) is 12.1 Å². The molecular weight excluding hydrogens is 237 g/mol. The third-order valence-corrected chi connectivity index (χ3v) is 1.78. The van der Waals surface area contributed by atoms with Crippen LogP contribution in [0.2, 0.25) is 0 Å². The van der Waals surface area contributed by atoms with Gasteiger partial charge in [0.15, 0.2) is 0 Å². The highest BCUT2D eigenvalue weighted by Gasteiger charge is 2.30. The highest BCUT2D eigenvalue weighted by atomic mass is 19.4. The predicted octanol–water partition coefficient (Wildman–Crippen LogP) is 1.27. The van der Waals surface area contributed by atoms with Gasteiger partial charge in [0.1, 0.15) is 5.75 Å². The molecule has 0 radical (unpaired) electrons. The fourth-order valence-electron chi connectivity index (χ4n) is 1.10. The fourth-order valence-corrected chi connectivity index (χ4v) is 1.10. The Labute approximate surface area is 95.6 Å². The van der Waals surface area contributed by atoms with Crippen molar-refractivity contribution in [3.05, 3.63) is 29.8 Å². The second-order valence-corrected chi connectivity index (χ2v) is 3.12. The second-order valence-electron chi connectivity index (χ2n) is 3.12. The highest BCUT2D eigenvalue weighted by molar-refractivity contribution is 5.94. The van der Waals surface area contributed by atoms with E-state index in [1.54, 1.807) is 0 Å². The number of benzene rings is 1. The van der Waals surface area contributed by atoms with Crippen LogP contribution in [0.5, 0.6) is 5.75 Å². The van der Waals surface area contributed by atoms with Crippen LogP contribution < -0.4 is 15.8 Å². The number of carbonyl (C=O) groups excluding carboxylic acids is 1. The first-order chi connectivity index (χ1) is 7.92. The van der Waals surface area contributed by atoms with Gasteiger partial charge in [-0.3, -0.25) is 4.79 Å². The minimum Gasteiger partial charge on any atom is -0.406 e. The van der Waals surface area contributed by atoms with Crippen LogP contribution in [0.15, 0.2) is 24.3 Å². The Morgan fingerprint density at radius 3 is 2.35 bits per heavy atom. The minimum absolute atomic E-state index is 0.243. The number of carbonyl (C=O) groups is 1. The summed E-state index contributed by atoms with van der Waals surface area (Å²) in [6, 6.07) is 4.63. The Morgan fingerprint density at radius 2 is 1.88 bits per heavy atom. The standard InChI is InChI=1S/C10H11F3N2O2/c11-10(12,13)17-8-3-1-7(2-4-8)9(16)15-6-5-14/h1-4H,5-6,14H2,(H,15,16). The van der Waals surface area contributed by atoms with Crippen molar-refractivity contribution in [2.75, 3.05) is 13.1 Å². The maximum Gasteiger partial charge on any atom is 0.573 e. The number of nitrogens with one attached hydrogen (secondary N) is 1. The van der Waals surface area contributed by atoms with Crippen molar-refractivity contribution >= 4 is 5.91 Å². The molecule has 0 saturated heterocycles. The molecule has 0 atom stereocenters. The van der Waals surface area contributed by atoms with Gasteiger partial charge in [-0.25, -0.2) is 0 Å². The molecule has 0 unspecified atom stereocenters. The lowest BCUT2D eigenvalue weighted by molar-refractivity contribution is -0.274. The Kier molecular flexibility index (Phi) is 4.33. The monoisotopic (exact) mass is 248 g/mol. The fraction of sp³-hybridized carbons (Fsp3) is 0.300. The van der Waals surface area contributed by atoms with Gasteiger partial charge in [-0.05, 0) is 24.3 Å². The lowest BCUT2D eigenvalue weighted by Gasteiger charge is -2.09. The zero-order valence-electron chi connectivity index (χ0n) is 8.75. The number of hydrogen-bond acceptors (Lipinski definition) is 3. The molecule has 0 aliphatic heterocycles. The number of hydrogen-bond donors (Lipinski definition) is 2. The Balaban J connectivity index is 2.64. The second kappa shape index (κ2) is 5.53. The molecule has 94 valence electrons. The van der Waals surface area contributed by atoms with Crippen molar-refractivity contribution in [3.63, 3.8) is 0 Å². The summed E-state index contributed by atoms with van der Waals surface area (Å²) in [6.45, 7) is 0.598. The van der Waals surface area contributed by atoms with Crippen molar-refractivity contribution in [2.45, 2.75) is 6.36 Å². The van der Waals surface area contributed by atoms with Crippen molar-refractivity contribution in [1.29, 1.82) is 0 Å². The molecule has 3 N–H and O–H groups in total. The first kappa shape index (κ1) is 13.3. The van der Waals surface area contributed by atoms with Crippen molar-refractivity contribution in [2.24, 2.45) is 5.73 Å². The van der Waals surface area contributed by atoms with E-state index in [9.17, 15) is 18.0 Å². The van der Waals surface area contributed by atoms with E-state index in [2.05, 4.69) is 10.1 Å². The molecule has 1 rings (SSSR count). The third kappa shape index (κ3) is 4.73. The number of ether oxygens (including phenoxy) is 1. The molecule has 4 nitrogen and oxygen atoms in total. The van der Waals surface area contributed by atoms with Crippen LogP contribution in [-0.2, 0) is 0 Å². The summed E-state index contributed by atoms with van der Waals surface area (Å²) in [7, 11) is 0. The average Bonchev–Trinajstić information content (AvgIpc) is 2.24. The van der Waals surface area contributed by atoms with Gasteiger partial charge >= 0.3 is 6.36 Å². The van der Waals surface area contributed by atoms with E-state index < -0.39 is 12.3 Å². The predicted molar refractivity (Wildman–Crippen MR) is 54.5 cm³/mol. The molecule has 0 fully saturated rings. The molecule has 7 heteroatoms. The van der Waals surface area contributed by atoms with Crippen LogP contribution in [-0.4, -0.2) is 25.4 Å². The lowest BCUT2D eigenvalue weighted by Crippen LogP contribution is -2.28. The highest BCUT2D eigenvalue weighted by Crippen LogP contribution is 2.22. The van der Waals surface area contributed by atoms with Crippen molar-refractivity contribution in [1.82, 2.24) is 5.32 Å². The molecule has 0 saturated carbocycles. The first-order valence-electron chi connectivity index (χ1n) is 4.76. The van der Waals surface area contributed by atoms with Gasteiger partial charge in [-0.15, -0.1) is 13.2 Å². The number of halogens is 3. The summed E-state index contributed by atoms with van der Waals surface area (Å²) in [5, 5.41) is 2.49. The van der Waals surface area contributed by atoms with Crippen LogP contribution >= 0.6 is 0 Å². The maximum absolute atomic E-state index is 11.9. The number of rotatable bonds is 4. The van der Waals surface area contributed by atoms with Crippen LogP contribution in [0.3, 0.4) is 0 Å². The minimum atomic E-state index is -4.73. The Morgan fingerprint density at radius 1 is 1.29 bits per heavy atom. The summed E-state index contributed by atoms with van der Waals surface area (Å²) < 4.78 is 39.2. The Bertz CT molecular complexity index is 376. The summed E-state index contributed by atoms with van der Waals surface area (Å²) in [5.74, 6) is -0.762. The molecule has 0 spiro atoms. The largest absolute Gasteiger partial charge is 0.573 e. The lowest BCUT2D eigenvalue weighted by atomic mass is 10.2. The van der Waals surface area contributed by atoms with Gasteiger partial charge < -0.3 is 15.8 Å². The molecule has 1 aromatic carbocycles. The maximum atomic E-state index is 11.9. The summed E-state index contributed by atoms with van der Waals surface area (Å²) >= 11 is 0. The number of nitrogens with two attached hydrogens (primary N) is 1. The molecule has 0 bridgehead atoms.